The molecule has 1 aromatic heterocycles. The fraction of sp³-hybridized carbons (Fsp3) is 0.208. The van der Waals surface area contributed by atoms with Gasteiger partial charge in [0.25, 0.3) is 5.91 Å². The van der Waals surface area contributed by atoms with Crippen LogP contribution in [0.4, 0.5) is 17.1 Å². The largest absolute Gasteiger partial charge is 0.467 e. The minimum absolute atomic E-state index is 0.0163. The highest BCUT2D eigenvalue weighted by atomic mass is 16.3. The number of amides is 3. The van der Waals surface area contributed by atoms with E-state index in [0.29, 0.717) is 41.4 Å². The molecule has 8 heteroatoms. The Hall–Kier alpha value is -4.07. The molecule has 2 aromatic carbocycles. The van der Waals surface area contributed by atoms with E-state index in [1.165, 1.54) is 0 Å². The monoisotopic (exact) mass is 434 g/mol. The summed E-state index contributed by atoms with van der Waals surface area (Å²) in [6.07, 6.45) is 1.93. The van der Waals surface area contributed by atoms with Gasteiger partial charge >= 0.3 is 0 Å². The molecular formula is C24H26N4O4. The summed E-state index contributed by atoms with van der Waals surface area (Å²) < 4.78 is 5.21. The van der Waals surface area contributed by atoms with Crippen molar-refractivity contribution in [2.24, 2.45) is 0 Å². The van der Waals surface area contributed by atoms with Crippen LogP contribution >= 0.6 is 0 Å². The van der Waals surface area contributed by atoms with Crippen LogP contribution in [0.5, 0.6) is 0 Å². The second-order valence-corrected chi connectivity index (χ2v) is 7.12. The third kappa shape index (κ3) is 6.21. The van der Waals surface area contributed by atoms with Gasteiger partial charge in [0.1, 0.15) is 5.76 Å². The number of rotatable bonds is 9. The normalized spacial score (nSPS) is 10.3. The lowest BCUT2D eigenvalue weighted by molar-refractivity contribution is -0.116. The third-order valence-corrected chi connectivity index (χ3v) is 4.78. The molecule has 166 valence electrons. The first-order valence-electron chi connectivity index (χ1n) is 10.3. The van der Waals surface area contributed by atoms with E-state index >= 15 is 0 Å². The van der Waals surface area contributed by atoms with Crippen molar-refractivity contribution in [3.63, 3.8) is 0 Å². The summed E-state index contributed by atoms with van der Waals surface area (Å²) in [5, 5.41) is 11.5. The number of furan rings is 1. The predicted octanol–water partition coefficient (Wildman–Crippen LogP) is 3.92. The first kappa shape index (κ1) is 22.6. The predicted molar refractivity (Wildman–Crippen MR) is 124 cm³/mol. The Balaban J connectivity index is 1.55. The smallest absolute Gasteiger partial charge is 0.251 e. The molecule has 0 bridgehead atoms. The van der Waals surface area contributed by atoms with Crippen LogP contribution in [0.3, 0.4) is 0 Å². The lowest BCUT2D eigenvalue weighted by Gasteiger charge is -2.14. The van der Waals surface area contributed by atoms with Gasteiger partial charge < -0.3 is 25.7 Å². The summed E-state index contributed by atoms with van der Waals surface area (Å²) in [5.41, 5.74) is 3.18. The number of carbonyl (C=O) groups is 3. The van der Waals surface area contributed by atoms with E-state index in [2.05, 4.69) is 21.3 Å². The number of hydrogen-bond acceptors (Lipinski definition) is 5. The number of hydrogen-bond donors (Lipinski definition) is 4. The molecule has 0 aliphatic rings. The summed E-state index contributed by atoms with van der Waals surface area (Å²) in [6.45, 7) is 3.92. The number of anilines is 3. The molecule has 0 aliphatic heterocycles. The molecular weight excluding hydrogens is 408 g/mol. The lowest BCUT2D eigenvalue weighted by atomic mass is 10.1. The summed E-state index contributed by atoms with van der Waals surface area (Å²) in [4.78, 5) is 36.4. The zero-order valence-electron chi connectivity index (χ0n) is 18.0. The number of carbonyl (C=O) groups excluding carboxylic acids is 3. The van der Waals surface area contributed by atoms with Gasteiger partial charge in [0, 0.05) is 29.0 Å². The van der Waals surface area contributed by atoms with E-state index in [0.717, 1.165) is 5.56 Å². The molecule has 3 rings (SSSR count). The van der Waals surface area contributed by atoms with Crippen molar-refractivity contribution >= 4 is 34.8 Å². The molecule has 0 fully saturated rings. The molecule has 3 amide bonds. The number of nitrogens with one attached hydrogen (secondary N) is 4. The maximum absolute atomic E-state index is 12.4. The van der Waals surface area contributed by atoms with Gasteiger partial charge in [-0.1, -0.05) is 19.1 Å². The SMILES string of the molecule is CCC(=O)Nc1cccc(NC(=O)CNc2cccc(C(=O)NCc3ccco3)c2)c1C. The van der Waals surface area contributed by atoms with E-state index in [1.807, 2.05) is 6.92 Å². The Morgan fingerprint density at radius 1 is 0.906 bits per heavy atom. The van der Waals surface area contributed by atoms with Gasteiger partial charge in [-0.3, -0.25) is 14.4 Å². The first-order valence-corrected chi connectivity index (χ1v) is 10.3. The molecule has 0 atom stereocenters. The highest BCUT2D eigenvalue weighted by Gasteiger charge is 2.11. The summed E-state index contributed by atoms with van der Waals surface area (Å²) in [5.74, 6) is 0.0834. The number of benzene rings is 2. The fourth-order valence-electron chi connectivity index (χ4n) is 2.97. The van der Waals surface area contributed by atoms with Crippen LogP contribution in [0.2, 0.25) is 0 Å². The van der Waals surface area contributed by atoms with E-state index in [4.69, 9.17) is 4.42 Å². The zero-order valence-corrected chi connectivity index (χ0v) is 18.0. The van der Waals surface area contributed by atoms with Gasteiger partial charge in [-0.25, -0.2) is 0 Å². The van der Waals surface area contributed by atoms with Gasteiger partial charge in [-0.05, 0) is 55.0 Å². The van der Waals surface area contributed by atoms with Crippen LogP contribution in [-0.2, 0) is 16.1 Å². The van der Waals surface area contributed by atoms with Crippen molar-refractivity contribution in [2.45, 2.75) is 26.8 Å². The van der Waals surface area contributed by atoms with Gasteiger partial charge in [0.05, 0.1) is 19.4 Å². The van der Waals surface area contributed by atoms with Gasteiger partial charge in [0.15, 0.2) is 0 Å². The van der Waals surface area contributed by atoms with E-state index in [1.54, 1.807) is 67.8 Å². The minimum Gasteiger partial charge on any atom is -0.467 e. The third-order valence-electron chi connectivity index (χ3n) is 4.78. The topological polar surface area (TPSA) is 112 Å². The molecule has 0 radical (unpaired) electrons. The Morgan fingerprint density at radius 2 is 1.62 bits per heavy atom. The van der Waals surface area contributed by atoms with Crippen LogP contribution in [-0.4, -0.2) is 24.3 Å². The van der Waals surface area contributed by atoms with Crippen molar-refractivity contribution in [2.75, 3.05) is 22.5 Å². The average Bonchev–Trinajstić information content (AvgIpc) is 3.32. The van der Waals surface area contributed by atoms with Crippen LogP contribution < -0.4 is 21.3 Å². The second-order valence-electron chi connectivity index (χ2n) is 7.12. The summed E-state index contributed by atoms with van der Waals surface area (Å²) >= 11 is 0. The molecule has 0 saturated carbocycles. The highest BCUT2D eigenvalue weighted by Crippen LogP contribution is 2.23. The van der Waals surface area contributed by atoms with Crippen molar-refractivity contribution in [3.05, 3.63) is 77.7 Å². The highest BCUT2D eigenvalue weighted by molar-refractivity contribution is 5.98. The van der Waals surface area contributed by atoms with Gasteiger partial charge in [0.2, 0.25) is 11.8 Å². The van der Waals surface area contributed by atoms with Crippen molar-refractivity contribution in [3.8, 4) is 0 Å². The molecule has 0 saturated heterocycles. The Morgan fingerprint density at radius 3 is 2.31 bits per heavy atom. The zero-order chi connectivity index (χ0) is 22.9. The fourth-order valence-corrected chi connectivity index (χ4v) is 2.97. The molecule has 3 aromatic rings. The molecule has 8 nitrogen and oxygen atoms in total. The summed E-state index contributed by atoms with van der Waals surface area (Å²) in [6, 6.07) is 15.8. The first-order chi connectivity index (χ1) is 15.5. The van der Waals surface area contributed by atoms with E-state index < -0.39 is 0 Å². The van der Waals surface area contributed by atoms with Crippen LogP contribution in [0.25, 0.3) is 0 Å². The average molecular weight is 434 g/mol. The standard InChI is InChI=1S/C24H26N4O4/c1-3-22(29)27-20-10-5-11-21(16(20)2)28-23(30)15-25-18-8-4-7-17(13-18)24(31)26-14-19-9-6-12-32-19/h4-13,25H,3,14-15H2,1-2H3,(H,26,31)(H,27,29)(H,28,30). The Kier molecular flexibility index (Phi) is 7.64. The lowest BCUT2D eigenvalue weighted by Crippen LogP contribution is -2.24. The Bertz CT molecular complexity index is 1090. The van der Waals surface area contributed by atoms with Gasteiger partial charge in [-0.15, -0.1) is 0 Å². The molecule has 1 heterocycles. The Labute approximate surface area is 186 Å². The molecule has 0 unspecified atom stereocenters. The second kappa shape index (κ2) is 10.8. The minimum atomic E-state index is -0.250. The van der Waals surface area contributed by atoms with E-state index in [9.17, 15) is 14.4 Å². The maximum Gasteiger partial charge on any atom is 0.251 e. The van der Waals surface area contributed by atoms with Crippen LogP contribution in [0, 0.1) is 6.92 Å². The maximum atomic E-state index is 12.4. The molecule has 0 aliphatic carbocycles. The quantitative estimate of drug-likeness (QED) is 0.408. The van der Waals surface area contributed by atoms with Crippen LogP contribution in [0.15, 0.2) is 65.3 Å². The molecule has 4 N–H and O–H groups in total. The van der Waals surface area contributed by atoms with Crippen LogP contribution in [0.1, 0.15) is 35.0 Å². The molecule has 32 heavy (non-hydrogen) atoms. The van der Waals surface area contributed by atoms with Crippen molar-refractivity contribution < 1.29 is 18.8 Å². The summed E-state index contributed by atoms with van der Waals surface area (Å²) in [7, 11) is 0. The van der Waals surface area contributed by atoms with Crippen molar-refractivity contribution in [1.29, 1.82) is 0 Å². The van der Waals surface area contributed by atoms with Gasteiger partial charge in [-0.2, -0.15) is 0 Å². The molecule has 0 spiro atoms. The van der Waals surface area contributed by atoms with Crippen molar-refractivity contribution in [1.82, 2.24) is 5.32 Å². The van der Waals surface area contributed by atoms with E-state index in [-0.39, 0.29) is 24.3 Å².